The Morgan fingerprint density at radius 1 is 1.33 bits per heavy atom. The lowest BCUT2D eigenvalue weighted by Crippen LogP contribution is -2.17. The monoisotopic (exact) mass is 161 g/mol. The molecular formula is C11H15N. The predicted octanol–water partition coefficient (Wildman–Crippen LogP) is 2.89. The first-order chi connectivity index (χ1) is 5.58. The van der Waals surface area contributed by atoms with Gasteiger partial charge in [0.25, 0.3) is 0 Å². The molecule has 2 rings (SSSR count). The first kappa shape index (κ1) is 7.86. The smallest absolute Gasteiger partial charge is 0.0665 e. The van der Waals surface area contributed by atoms with Crippen molar-refractivity contribution in [2.24, 2.45) is 16.7 Å². The first-order valence-corrected chi connectivity index (χ1v) is 4.68. The van der Waals surface area contributed by atoms with Gasteiger partial charge < -0.3 is 0 Å². The molecule has 0 bridgehead atoms. The maximum absolute atomic E-state index is 8.77. The van der Waals surface area contributed by atoms with Crippen LogP contribution in [0.25, 0.3) is 0 Å². The number of hydrogen-bond donors (Lipinski definition) is 0. The minimum atomic E-state index is 0.310. The molecule has 1 spiro atoms. The van der Waals surface area contributed by atoms with Gasteiger partial charge >= 0.3 is 0 Å². The Morgan fingerprint density at radius 3 is 2.50 bits per heavy atom. The molecule has 0 aromatic carbocycles. The van der Waals surface area contributed by atoms with Crippen molar-refractivity contribution < 1.29 is 0 Å². The molecule has 12 heavy (non-hydrogen) atoms. The third kappa shape index (κ3) is 1.06. The standard InChI is InChI=1S/C11H15N/c1-10(2)3-5-11(6-4-10)7-9(11)8-12/h3,5,9H,4,6-7H2,1-2H3/t9-,11-/m1/s1. The van der Waals surface area contributed by atoms with E-state index in [-0.39, 0.29) is 0 Å². The molecule has 0 aromatic heterocycles. The molecule has 64 valence electrons. The number of hydrogen-bond acceptors (Lipinski definition) is 1. The zero-order chi connectivity index (χ0) is 8.82. The third-order valence-electron chi connectivity index (χ3n) is 3.38. The van der Waals surface area contributed by atoms with Crippen molar-refractivity contribution in [2.75, 3.05) is 0 Å². The first-order valence-electron chi connectivity index (χ1n) is 4.68. The van der Waals surface area contributed by atoms with Crippen LogP contribution in [0.1, 0.15) is 33.1 Å². The Bertz CT molecular complexity index is 269. The maximum atomic E-state index is 8.77. The SMILES string of the molecule is CC1(C)C=C[C@@]2(CC1)C[C@@H]2C#N. The quantitative estimate of drug-likeness (QED) is 0.501. The summed E-state index contributed by atoms with van der Waals surface area (Å²) in [6.45, 7) is 4.53. The third-order valence-corrected chi connectivity index (χ3v) is 3.38. The molecule has 2 aliphatic rings. The lowest BCUT2D eigenvalue weighted by molar-refractivity contribution is 0.343. The Labute approximate surface area is 74.1 Å². The highest BCUT2D eigenvalue weighted by Crippen LogP contribution is 2.60. The van der Waals surface area contributed by atoms with E-state index in [9.17, 15) is 0 Å². The topological polar surface area (TPSA) is 23.8 Å². The van der Waals surface area contributed by atoms with E-state index in [4.69, 9.17) is 5.26 Å². The Balaban J connectivity index is 2.14. The Hall–Kier alpha value is -0.770. The summed E-state index contributed by atoms with van der Waals surface area (Å²) in [6.07, 6.45) is 8.16. The molecule has 2 atom stereocenters. The van der Waals surface area contributed by atoms with Crippen LogP contribution in [0.2, 0.25) is 0 Å². The molecular weight excluding hydrogens is 146 g/mol. The van der Waals surface area contributed by atoms with Gasteiger partial charge in [-0.3, -0.25) is 0 Å². The summed E-state index contributed by atoms with van der Waals surface area (Å²) >= 11 is 0. The van der Waals surface area contributed by atoms with Crippen LogP contribution >= 0.6 is 0 Å². The van der Waals surface area contributed by atoms with E-state index >= 15 is 0 Å². The molecule has 0 aromatic rings. The van der Waals surface area contributed by atoms with Crippen LogP contribution in [0.3, 0.4) is 0 Å². The predicted molar refractivity (Wildman–Crippen MR) is 48.3 cm³/mol. The molecule has 0 aliphatic heterocycles. The molecule has 1 saturated carbocycles. The fourth-order valence-electron chi connectivity index (χ4n) is 2.07. The lowest BCUT2D eigenvalue weighted by Gasteiger charge is -2.28. The summed E-state index contributed by atoms with van der Waals surface area (Å²) < 4.78 is 0. The molecule has 2 aliphatic carbocycles. The van der Waals surface area contributed by atoms with Gasteiger partial charge in [-0.1, -0.05) is 26.0 Å². The minimum absolute atomic E-state index is 0.310. The van der Waals surface area contributed by atoms with E-state index < -0.39 is 0 Å². The van der Waals surface area contributed by atoms with Crippen molar-refractivity contribution >= 4 is 0 Å². The van der Waals surface area contributed by atoms with Crippen LogP contribution in [0.4, 0.5) is 0 Å². The number of rotatable bonds is 0. The fourth-order valence-corrected chi connectivity index (χ4v) is 2.07. The fraction of sp³-hybridized carbons (Fsp3) is 0.727. The summed E-state index contributed by atoms with van der Waals surface area (Å²) in [5.41, 5.74) is 0.679. The van der Waals surface area contributed by atoms with Gasteiger partial charge in [0.15, 0.2) is 0 Å². The number of nitriles is 1. The van der Waals surface area contributed by atoms with Crippen LogP contribution in [-0.2, 0) is 0 Å². The molecule has 0 N–H and O–H groups in total. The van der Waals surface area contributed by atoms with Gasteiger partial charge in [-0.2, -0.15) is 5.26 Å². The Morgan fingerprint density at radius 2 is 2.08 bits per heavy atom. The number of allylic oxidation sites excluding steroid dienone is 2. The van der Waals surface area contributed by atoms with E-state index in [1.54, 1.807) is 0 Å². The second kappa shape index (κ2) is 2.13. The highest BCUT2D eigenvalue weighted by molar-refractivity contribution is 5.25. The van der Waals surface area contributed by atoms with Crippen LogP contribution in [0, 0.1) is 28.1 Å². The van der Waals surface area contributed by atoms with Crippen molar-refractivity contribution in [3.8, 4) is 6.07 Å². The molecule has 1 heteroatoms. The molecule has 1 fully saturated rings. The van der Waals surface area contributed by atoms with Gasteiger partial charge in [-0.25, -0.2) is 0 Å². The highest BCUT2D eigenvalue weighted by Gasteiger charge is 2.53. The van der Waals surface area contributed by atoms with Crippen molar-refractivity contribution in [1.29, 1.82) is 5.26 Å². The van der Waals surface area contributed by atoms with E-state index in [2.05, 4.69) is 32.1 Å². The largest absolute Gasteiger partial charge is 0.198 e. The van der Waals surface area contributed by atoms with E-state index in [1.165, 1.54) is 12.8 Å². The number of nitrogens with zero attached hydrogens (tertiary/aromatic N) is 1. The average Bonchev–Trinajstić information content (AvgIpc) is 2.72. The summed E-state index contributed by atoms with van der Waals surface area (Å²) in [5.74, 6) is 0.324. The average molecular weight is 161 g/mol. The molecule has 0 amide bonds. The molecule has 0 radical (unpaired) electrons. The van der Waals surface area contributed by atoms with Gasteiger partial charge in [-0.05, 0) is 24.7 Å². The van der Waals surface area contributed by atoms with Crippen molar-refractivity contribution in [3.63, 3.8) is 0 Å². The van der Waals surface area contributed by atoms with Crippen LogP contribution in [0.15, 0.2) is 12.2 Å². The van der Waals surface area contributed by atoms with Gasteiger partial charge in [0, 0.05) is 5.41 Å². The Kier molecular flexibility index (Phi) is 1.39. The molecule has 1 nitrogen and oxygen atoms in total. The van der Waals surface area contributed by atoms with E-state index in [0.29, 0.717) is 16.7 Å². The summed E-state index contributed by atoms with van der Waals surface area (Å²) in [7, 11) is 0. The zero-order valence-corrected chi connectivity index (χ0v) is 7.80. The lowest BCUT2D eigenvalue weighted by atomic mass is 9.76. The highest BCUT2D eigenvalue weighted by atomic mass is 14.6. The van der Waals surface area contributed by atoms with Gasteiger partial charge in [0.1, 0.15) is 0 Å². The zero-order valence-electron chi connectivity index (χ0n) is 7.80. The van der Waals surface area contributed by atoms with Crippen molar-refractivity contribution in [2.45, 2.75) is 33.1 Å². The van der Waals surface area contributed by atoms with Crippen LogP contribution in [0.5, 0.6) is 0 Å². The van der Waals surface area contributed by atoms with Crippen LogP contribution in [-0.4, -0.2) is 0 Å². The van der Waals surface area contributed by atoms with E-state index in [0.717, 1.165) is 6.42 Å². The van der Waals surface area contributed by atoms with Gasteiger partial charge in [0.2, 0.25) is 0 Å². The van der Waals surface area contributed by atoms with Crippen molar-refractivity contribution in [1.82, 2.24) is 0 Å². The summed E-state index contributed by atoms with van der Waals surface area (Å²) in [6, 6.07) is 2.38. The van der Waals surface area contributed by atoms with Crippen LogP contribution < -0.4 is 0 Å². The minimum Gasteiger partial charge on any atom is -0.198 e. The second-order valence-corrected chi connectivity index (χ2v) is 4.94. The molecule has 0 unspecified atom stereocenters. The molecule has 0 heterocycles. The van der Waals surface area contributed by atoms with E-state index in [1.807, 2.05) is 0 Å². The maximum Gasteiger partial charge on any atom is 0.0665 e. The van der Waals surface area contributed by atoms with Gasteiger partial charge in [-0.15, -0.1) is 0 Å². The normalized spacial score (nSPS) is 42.6. The molecule has 0 saturated heterocycles. The van der Waals surface area contributed by atoms with Crippen molar-refractivity contribution in [3.05, 3.63) is 12.2 Å². The summed E-state index contributed by atoms with van der Waals surface area (Å²) in [4.78, 5) is 0. The summed E-state index contributed by atoms with van der Waals surface area (Å²) in [5, 5.41) is 8.77. The second-order valence-electron chi connectivity index (χ2n) is 4.94. The van der Waals surface area contributed by atoms with Gasteiger partial charge in [0.05, 0.1) is 12.0 Å².